The van der Waals surface area contributed by atoms with E-state index in [1.165, 1.54) is 13.2 Å². The van der Waals surface area contributed by atoms with Gasteiger partial charge in [-0.25, -0.2) is 13.1 Å². The monoisotopic (exact) mass is 292 g/mol. The number of hydrogen-bond acceptors (Lipinski definition) is 4. The minimum atomic E-state index is -3.51. The highest BCUT2D eigenvalue weighted by Gasteiger charge is 2.14. The number of halogens is 1. The van der Waals surface area contributed by atoms with E-state index in [0.29, 0.717) is 18.2 Å². The molecule has 0 bridgehead atoms. The zero-order chi connectivity index (χ0) is 13.6. The number of benzene rings is 1. The van der Waals surface area contributed by atoms with E-state index in [0.717, 1.165) is 5.56 Å². The van der Waals surface area contributed by atoms with Crippen LogP contribution in [0.2, 0.25) is 5.02 Å². The zero-order valence-corrected chi connectivity index (χ0v) is 11.9. The molecule has 2 N–H and O–H groups in total. The Labute approximate surface area is 113 Å². The predicted octanol–water partition coefficient (Wildman–Crippen LogP) is 0.984. The summed E-state index contributed by atoms with van der Waals surface area (Å²) in [6.45, 7) is 1.08. The second-order valence-electron chi connectivity index (χ2n) is 3.67. The lowest BCUT2D eigenvalue weighted by Crippen LogP contribution is -2.27. The predicted molar refractivity (Wildman–Crippen MR) is 71.3 cm³/mol. The first-order valence-corrected chi connectivity index (χ1v) is 7.29. The average Bonchev–Trinajstić information content (AvgIpc) is 2.32. The van der Waals surface area contributed by atoms with Gasteiger partial charge in [0, 0.05) is 25.2 Å². The fourth-order valence-corrected chi connectivity index (χ4v) is 2.65. The molecule has 1 aromatic rings. The Hall–Kier alpha value is -0.660. The molecule has 0 spiro atoms. The van der Waals surface area contributed by atoms with Gasteiger partial charge in [0.05, 0.1) is 11.5 Å². The Balaban J connectivity index is 2.91. The topological polar surface area (TPSA) is 67.4 Å². The summed E-state index contributed by atoms with van der Waals surface area (Å²) >= 11 is 5.98. The molecule has 0 saturated heterocycles. The molecule has 1 aromatic carbocycles. The summed E-state index contributed by atoms with van der Waals surface area (Å²) < 4.78 is 31.1. The fourth-order valence-electron chi connectivity index (χ4n) is 1.41. The molecule has 0 saturated carbocycles. The molecule has 18 heavy (non-hydrogen) atoms. The highest BCUT2D eigenvalue weighted by Crippen LogP contribution is 2.20. The van der Waals surface area contributed by atoms with Crippen molar-refractivity contribution >= 4 is 21.6 Å². The van der Waals surface area contributed by atoms with Gasteiger partial charge >= 0.3 is 0 Å². The van der Waals surface area contributed by atoms with Gasteiger partial charge < -0.3 is 10.1 Å². The van der Waals surface area contributed by atoms with Crippen molar-refractivity contribution < 1.29 is 13.2 Å². The molecule has 102 valence electrons. The molecular formula is C11H17ClN2O3S. The minimum Gasteiger partial charge on any atom is -0.383 e. The van der Waals surface area contributed by atoms with Gasteiger partial charge in [-0.3, -0.25) is 0 Å². The summed E-state index contributed by atoms with van der Waals surface area (Å²) in [6, 6.07) is 4.63. The Morgan fingerprint density at radius 2 is 2.11 bits per heavy atom. The van der Waals surface area contributed by atoms with Gasteiger partial charge in [-0.15, -0.1) is 0 Å². The lowest BCUT2D eigenvalue weighted by atomic mass is 10.2. The van der Waals surface area contributed by atoms with Crippen molar-refractivity contribution in [2.45, 2.75) is 11.4 Å². The van der Waals surface area contributed by atoms with Crippen LogP contribution >= 0.6 is 11.6 Å². The van der Waals surface area contributed by atoms with Crippen LogP contribution in [-0.2, 0) is 21.3 Å². The van der Waals surface area contributed by atoms with Crippen molar-refractivity contribution in [3.63, 3.8) is 0 Å². The van der Waals surface area contributed by atoms with E-state index in [-0.39, 0.29) is 11.4 Å². The van der Waals surface area contributed by atoms with Crippen LogP contribution < -0.4 is 10.0 Å². The number of nitrogens with one attached hydrogen (secondary N) is 2. The summed E-state index contributed by atoms with van der Waals surface area (Å²) in [4.78, 5) is 0.202. The van der Waals surface area contributed by atoms with Crippen LogP contribution in [0.15, 0.2) is 23.1 Å². The highest BCUT2D eigenvalue weighted by atomic mass is 35.5. The van der Waals surface area contributed by atoms with Crippen molar-refractivity contribution in [2.24, 2.45) is 0 Å². The van der Waals surface area contributed by atoms with Gasteiger partial charge in [0.25, 0.3) is 0 Å². The number of hydrogen-bond donors (Lipinski definition) is 2. The number of ether oxygens (including phenoxy) is 1. The largest absolute Gasteiger partial charge is 0.383 e. The van der Waals surface area contributed by atoms with Gasteiger partial charge in [0.2, 0.25) is 10.0 Å². The summed E-state index contributed by atoms with van der Waals surface area (Å²) in [6.07, 6.45) is 0. The van der Waals surface area contributed by atoms with E-state index in [9.17, 15) is 8.42 Å². The van der Waals surface area contributed by atoms with Crippen LogP contribution in [0.1, 0.15) is 5.56 Å². The number of methoxy groups -OCH3 is 1. The maximum Gasteiger partial charge on any atom is 0.240 e. The van der Waals surface area contributed by atoms with Crippen molar-refractivity contribution in [2.75, 3.05) is 27.3 Å². The normalized spacial score (nSPS) is 11.7. The van der Waals surface area contributed by atoms with Crippen LogP contribution in [0, 0.1) is 0 Å². The summed E-state index contributed by atoms with van der Waals surface area (Å²) in [5.41, 5.74) is 0.744. The van der Waals surface area contributed by atoms with Gasteiger partial charge in [0.1, 0.15) is 0 Å². The van der Waals surface area contributed by atoms with E-state index < -0.39 is 10.0 Å². The SMILES string of the molecule is CNCc1cc(S(=O)(=O)NCCOC)ccc1Cl. The fraction of sp³-hybridized carbons (Fsp3) is 0.455. The third kappa shape index (κ3) is 4.22. The summed E-state index contributed by atoms with van der Waals surface area (Å²) in [7, 11) is -0.219. The molecule has 0 aromatic heterocycles. The molecule has 0 aliphatic rings. The van der Waals surface area contributed by atoms with E-state index in [2.05, 4.69) is 10.0 Å². The average molecular weight is 293 g/mol. The Morgan fingerprint density at radius 1 is 1.39 bits per heavy atom. The molecule has 0 heterocycles. The third-order valence-electron chi connectivity index (χ3n) is 2.29. The second-order valence-corrected chi connectivity index (χ2v) is 5.85. The van der Waals surface area contributed by atoms with E-state index >= 15 is 0 Å². The van der Waals surface area contributed by atoms with Crippen molar-refractivity contribution in [3.05, 3.63) is 28.8 Å². The smallest absolute Gasteiger partial charge is 0.240 e. The van der Waals surface area contributed by atoms with Gasteiger partial charge in [-0.1, -0.05) is 11.6 Å². The standard InChI is InChI=1S/C11H17ClN2O3S/c1-13-8-9-7-10(3-4-11(9)12)18(15,16)14-5-6-17-2/h3-4,7,13-14H,5-6,8H2,1-2H3. The molecule has 0 fully saturated rings. The molecule has 1 rings (SSSR count). The molecule has 0 aliphatic heterocycles. The van der Waals surface area contributed by atoms with Gasteiger partial charge in [0.15, 0.2) is 0 Å². The molecule has 0 unspecified atom stereocenters. The van der Waals surface area contributed by atoms with Crippen LogP contribution in [-0.4, -0.2) is 35.7 Å². The van der Waals surface area contributed by atoms with Crippen LogP contribution in [0.5, 0.6) is 0 Å². The van der Waals surface area contributed by atoms with Gasteiger partial charge in [-0.05, 0) is 30.8 Å². The zero-order valence-electron chi connectivity index (χ0n) is 10.4. The quantitative estimate of drug-likeness (QED) is 0.735. The summed E-state index contributed by atoms with van der Waals surface area (Å²) in [5, 5.41) is 3.48. The Bertz CT molecular complexity index is 491. The first-order chi connectivity index (χ1) is 8.51. The van der Waals surface area contributed by atoms with Crippen LogP contribution in [0.4, 0.5) is 0 Å². The maximum absolute atomic E-state index is 11.9. The van der Waals surface area contributed by atoms with Crippen LogP contribution in [0.3, 0.4) is 0 Å². The highest BCUT2D eigenvalue weighted by molar-refractivity contribution is 7.89. The molecule has 0 aliphatic carbocycles. The molecular weight excluding hydrogens is 276 g/mol. The number of rotatable bonds is 7. The first-order valence-electron chi connectivity index (χ1n) is 5.43. The van der Waals surface area contributed by atoms with Crippen molar-refractivity contribution in [3.8, 4) is 0 Å². The molecule has 0 atom stereocenters. The lowest BCUT2D eigenvalue weighted by Gasteiger charge is -2.09. The van der Waals surface area contributed by atoms with Gasteiger partial charge in [-0.2, -0.15) is 0 Å². The number of sulfonamides is 1. The lowest BCUT2D eigenvalue weighted by molar-refractivity contribution is 0.204. The molecule has 0 amide bonds. The maximum atomic E-state index is 11.9. The molecule has 5 nitrogen and oxygen atoms in total. The molecule has 7 heteroatoms. The van der Waals surface area contributed by atoms with E-state index in [1.54, 1.807) is 19.2 Å². The van der Waals surface area contributed by atoms with E-state index in [1.807, 2.05) is 0 Å². The third-order valence-corrected chi connectivity index (χ3v) is 4.12. The second kappa shape index (κ2) is 7.06. The minimum absolute atomic E-state index is 0.202. The van der Waals surface area contributed by atoms with Crippen LogP contribution in [0.25, 0.3) is 0 Å². The first kappa shape index (κ1) is 15.4. The van der Waals surface area contributed by atoms with Crippen molar-refractivity contribution in [1.82, 2.24) is 10.0 Å². The Kier molecular flexibility index (Phi) is 6.04. The van der Waals surface area contributed by atoms with Crippen molar-refractivity contribution in [1.29, 1.82) is 0 Å². The molecule has 0 radical (unpaired) electrons. The Morgan fingerprint density at radius 3 is 2.72 bits per heavy atom. The summed E-state index contributed by atoms with van der Waals surface area (Å²) in [5.74, 6) is 0. The van der Waals surface area contributed by atoms with E-state index in [4.69, 9.17) is 16.3 Å².